The predicted molar refractivity (Wildman–Crippen MR) is 97.6 cm³/mol. The second-order valence-electron chi connectivity index (χ2n) is 6.33. The number of benzene rings is 2. The Morgan fingerprint density at radius 1 is 1.00 bits per heavy atom. The summed E-state index contributed by atoms with van der Waals surface area (Å²) in [6.45, 7) is 1.38. The van der Waals surface area contributed by atoms with Crippen LogP contribution in [0.5, 0.6) is 0 Å². The molecule has 1 saturated heterocycles. The van der Waals surface area contributed by atoms with E-state index in [2.05, 4.69) is 5.92 Å². The highest BCUT2D eigenvalue weighted by Gasteiger charge is 2.38. The molecule has 0 radical (unpaired) electrons. The number of hydrogen-bond acceptors (Lipinski definition) is 3. The molecule has 0 N–H and O–H groups in total. The van der Waals surface area contributed by atoms with Crippen LogP contribution in [-0.2, 0) is 27.4 Å². The van der Waals surface area contributed by atoms with Crippen molar-refractivity contribution < 1.29 is 14.2 Å². The van der Waals surface area contributed by atoms with Gasteiger partial charge in [0.15, 0.2) is 5.79 Å². The summed E-state index contributed by atoms with van der Waals surface area (Å²) in [5, 5.41) is 0. The van der Waals surface area contributed by atoms with E-state index < -0.39 is 5.79 Å². The molecule has 25 heavy (non-hydrogen) atoms. The van der Waals surface area contributed by atoms with E-state index in [9.17, 15) is 0 Å². The summed E-state index contributed by atoms with van der Waals surface area (Å²) in [5.74, 6) is 1.93. The Bertz CT molecular complexity index is 677. The van der Waals surface area contributed by atoms with E-state index >= 15 is 0 Å². The zero-order valence-electron chi connectivity index (χ0n) is 14.4. The number of ether oxygens (including phenoxy) is 3. The standard InChI is InChI=1S/C22H24O3/c1-2-21-14-9-15-22(25-21,24-17-20-12-7-4-8-13-20)18-23-16-19-10-5-3-6-11-19/h1,3-8,10-13,21H,9,14-18H2. The molecule has 0 aliphatic carbocycles. The van der Waals surface area contributed by atoms with Crippen molar-refractivity contribution in [3.05, 3.63) is 71.8 Å². The lowest BCUT2D eigenvalue weighted by Crippen LogP contribution is -2.46. The van der Waals surface area contributed by atoms with Crippen LogP contribution in [0.1, 0.15) is 30.4 Å². The van der Waals surface area contributed by atoms with Crippen LogP contribution in [-0.4, -0.2) is 18.5 Å². The van der Waals surface area contributed by atoms with E-state index in [0.29, 0.717) is 19.8 Å². The molecule has 2 atom stereocenters. The molecule has 3 nitrogen and oxygen atoms in total. The average Bonchev–Trinajstić information content (AvgIpc) is 2.68. The Hall–Kier alpha value is -2.12. The summed E-state index contributed by atoms with van der Waals surface area (Å²) in [4.78, 5) is 0. The van der Waals surface area contributed by atoms with Crippen molar-refractivity contribution in [2.75, 3.05) is 6.61 Å². The van der Waals surface area contributed by atoms with Crippen LogP contribution in [0.15, 0.2) is 60.7 Å². The van der Waals surface area contributed by atoms with Gasteiger partial charge in [0.25, 0.3) is 0 Å². The fourth-order valence-electron chi connectivity index (χ4n) is 2.99. The largest absolute Gasteiger partial charge is 0.371 e. The van der Waals surface area contributed by atoms with Crippen molar-refractivity contribution in [2.24, 2.45) is 0 Å². The lowest BCUT2D eigenvalue weighted by atomic mass is 10.0. The molecule has 0 amide bonds. The fraction of sp³-hybridized carbons (Fsp3) is 0.364. The van der Waals surface area contributed by atoms with Gasteiger partial charge in [-0.2, -0.15) is 0 Å². The predicted octanol–water partition coefficient (Wildman–Crippen LogP) is 4.32. The lowest BCUT2D eigenvalue weighted by molar-refractivity contribution is -0.296. The Kier molecular flexibility index (Phi) is 6.25. The molecule has 0 bridgehead atoms. The van der Waals surface area contributed by atoms with E-state index in [1.165, 1.54) is 0 Å². The van der Waals surface area contributed by atoms with Gasteiger partial charge in [-0.05, 0) is 24.0 Å². The summed E-state index contributed by atoms with van der Waals surface area (Å²) in [5.41, 5.74) is 2.24. The molecule has 1 heterocycles. The summed E-state index contributed by atoms with van der Waals surface area (Å²) >= 11 is 0. The molecule has 0 aromatic heterocycles. The first kappa shape index (κ1) is 17.7. The quantitative estimate of drug-likeness (QED) is 0.705. The molecule has 130 valence electrons. The van der Waals surface area contributed by atoms with Crippen molar-refractivity contribution >= 4 is 0 Å². The van der Waals surface area contributed by atoms with Crippen LogP contribution in [0.2, 0.25) is 0 Å². The van der Waals surface area contributed by atoms with Gasteiger partial charge in [-0.1, -0.05) is 66.6 Å². The zero-order valence-corrected chi connectivity index (χ0v) is 14.4. The molecule has 2 aromatic carbocycles. The first-order valence-electron chi connectivity index (χ1n) is 8.73. The number of rotatable bonds is 7. The van der Waals surface area contributed by atoms with Gasteiger partial charge in [-0.25, -0.2) is 0 Å². The first-order valence-corrected chi connectivity index (χ1v) is 8.73. The Morgan fingerprint density at radius 3 is 2.28 bits per heavy atom. The van der Waals surface area contributed by atoms with E-state index in [4.69, 9.17) is 20.6 Å². The van der Waals surface area contributed by atoms with Crippen molar-refractivity contribution in [1.82, 2.24) is 0 Å². The molecule has 1 fully saturated rings. The van der Waals surface area contributed by atoms with Gasteiger partial charge in [-0.15, -0.1) is 6.42 Å². The van der Waals surface area contributed by atoms with Crippen LogP contribution in [0.3, 0.4) is 0 Å². The Balaban J connectivity index is 1.62. The maximum absolute atomic E-state index is 6.18. The summed E-state index contributed by atoms with van der Waals surface area (Å²) in [7, 11) is 0. The summed E-state index contributed by atoms with van der Waals surface area (Å²) in [6, 6.07) is 20.2. The SMILES string of the molecule is C#CC1CCCC(COCc2ccccc2)(OCc2ccccc2)O1. The molecule has 0 spiro atoms. The highest BCUT2D eigenvalue weighted by atomic mass is 16.7. The minimum Gasteiger partial charge on any atom is -0.371 e. The highest BCUT2D eigenvalue weighted by Crippen LogP contribution is 2.31. The van der Waals surface area contributed by atoms with Gasteiger partial charge in [-0.3, -0.25) is 0 Å². The van der Waals surface area contributed by atoms with Gasteiger partial charge >= 0.3 is 0 Å². The first-order chi connectivity index (χ1) is 12.3. The third-order valence-electron chi connectivity index (χ3n) is 4.35. The van der Waals surface area contributed by atoms with Crippen LogP contribution >= 0.6 is 0 Å². The Labute approximate surface area is 149 Å². The van der Waals surface area contributed by atoms with Crippen molar-refractivity contribution in [2.45, 2.75) is 44.4 Å². The molecule has 1 aliphatic heterocycles. The number of hydrogen-bond donors (Lipinski definition) is 0. The molecule has 1 aliphatic rings. The average molecular weight is 336 g/mol. The summed E-state index contributed by atoms with van der Waals surface area (Å²) in [6.07, 6.45) is 7.98. The monoisotopic (exact) mass is 336 g/mol. The molecular formula is C22H24O3. The lowest BCUT2D eigenvalue weighted by Gasteiger charge is -2.39. The normalized spacial score (nSPS) is 23.1. The zero-order chi connectivity index (χ0) is 17.4. The van der Waals surface area contributed by atoms with Crippen molar-refractivity contribution in [3.8, 4) is 12.3 Å². The van der Waals surface area contributed by atoms with E-state index in [0.717, 1.165) is 30.4 Å². The molecule has 3 heteroatoms. The number of terminal acetylenes is 1. The third kappa shape index (κ3) is 5.17. The minimum absolute atomic E-state index is 0.218. The minimum atomic E-state index is -0.778. The van der Waals surface area contributed by atoms with Gasteiger partial charge in [0, 0.05) is 6.42 Å². The Morgan fingerprint density at radius 2 is 1.64 bits per heavy atom. The topological polar surface area (TPSA) is 27.7 Å². The van der Waals surface area contributed by atoms with Crippen molar-refractivity contribution in [3.63, 3.8) is 0 Å². The summed E-state index contributed by atoms with van der Waals surface area (Å²) < 4.78 is 18.2. The van der Waals surface area contributed by atoms with E-state index in [1.807, 2.05) is 60.7 Å². The van der Waals surface area contributed by atoms with Crippen LogP contribution < -0.4 is 0 Å². The van der Waals surface area contributed by atoms with E-state index in [-0.39, 0.29) is 6.10 Å². The van der Waals surface area contributed by atoms with Crippen LogP contribution in [0.25, 0.3) is 0 Å². The molecular weight excluding hydrogens is 312 g/mol. The van der Waals surface area contributed by atoms with Gasteiger partial charge in [0.1, 0.15) is 12.7 Å². The highest BCUT2D eigenvalue weighted by molar-refractivity contribution is 5.14. The van der Waals surface area contributed by atoms with Crippen molar-refractivity contribution in [1.29, 1.82) is 0 Å². The third-order valence-corrected chi connectivity index (χ3v) is 4.35. The molecule has 2 unspecified atom stereocenters. The van der Waals surface area contributed by atoms with Crippen LogP contribution in [0.4, 0.5) is 0 Å². The second-order valence-corrected chi connectivity index (χ2v) is 6.33. The molecule has 2 aromatic rings. The van der Waals surface area contributed by atoms with Gasteiger partial charge in [0.05, 0.1) is 13.2 Å². The fourth-order valence-corrected chi connectivity index (χ4v) is 2.99. The molecule has 3 rings (SSSR count). The smallest absolute Gasteiger partial charge is 0.193 e. The van der Waals surface area contributed by atoms with Gasteiger partial charge in [0.2, 0.25) is 0 Å². The van der Waals surface area contributed by atoms with E-state index in [1.54, 1.807) is 0 Å². The maximum atomic E-state index is 6.18. The molecule has 0 saturated carbocycles. The maximum Gasteiger partial charge on any atom is 0.193 e. The van der Waals surface area contributed by atoms with Gasteiger partial charge < -0.3 is 14.2 Å². The second kappa shape index (κ2) is 8.82. The van der Waals surface area contributed by atoms with Crippen LogP contribution in [0, 0.1) is 12.3 Å².